The van der Waals surface area contributed by atoms with Crippen LogP contribution in [0.2, 0.25) is 0 Å². The third-order valence-corrected chi connectivity index (χ3v) is 8.09. The van der Waals surface area contributed by atoms with Gasteiger partial charge >= 0.3 is 5.69 Å². The van der Waals surface area contributed by atoms with Gasteiger partial charge in [0.15, 0.2) is 0 Å². The van der Waals surface area contributed by atoms with Crippen LogP contribution in [0.25, 0.3) is 44.6 Å². The lowest BCUT2D eigenvalue weighted by Crippen LogP contribution is -2.36. The smallest absolute Gasteiger partial charge is 0.306 e. The van der Waals surface area contributed by atoms with E-state index in [1.807, 2.05) is 59.2 Å². The zero-order valence-electron chi connectivity index (χ0n) is 22.8. The molecular weight excluding hydrogens is 528 g/mol. The molecule has 1 fully saturated rings. The normalized spacial score (nSPS) is 14.5. The lowest BCUT2D eigenvalue weighted by Gasteiger charge is -2.32. The standard InChI is InChI=1S/C33H28N6O3/c40-33-36-28-8-4-5-9-30(28)38(33)25-16-18-37(19-17-25)21-22-10-12-24(13-11-22)32-31(23-6-2-1-3-7-23)35-29-20-26(39(41)42)14-15-27(29)34-32/h1-15,20,25H,16-19,21H2,(H,36,40). The van der Waals surface area contributed by atoms with E-state index in [9.17, 15) is 14.9 Å². The van der Waals surface area contributed by atoms with Crippen molar-refractivity contribution in [3.8, 4) is 22.5 Å². The molecular formula is C33H28N6O3. The highest BCUT2D eigenvalue weighted by molar-refractivity contribution is 5.87. The predicted molar refractivity (Wildman–Crippen MR) is 163 cm³/mol. The third kappa shape index (κ3) is 4.84. The van der Waals surface area contributed by atoms with Crippen LogP contribution < -0.4 is 5.69 Å². The van der Waals surface area contributed by atoms with Crippen LogP contribution in [0.4, 0.5) is 5.69 Å². The van der Waals surface area contributed by atoms with E-state index in [-0.39, 0.29) is 17.4 Å². The molecule has 0 amide bonds. The van der Waals surface area contributed by atoms with Crippen molar-refractivity contribution in [3.05, 3.63) is 123 Å². The molecule has 0 radical (unpaired) electrons. The van der Waals surface area contributed by atoms with Gasteiger partial charge in [-0.1, -0.05) is 66.7 Å². The summed E-state index contributed by atoms with van der Waals surface area (Å²) in [6, 6.07) is 30.8. The van der Waals surface area contributed by atoms with Crippen molar-refractivity contribution in [2.24, 2.45) is 0 Å². The summed E-state index contributed by atoms with van der Waals surface area (Å²) in [5.74, 6) is 0. The zero-order valence-corrected chi connectivity index (χ0v) is 22.8. The number of piperidine rings is 1. The molecule has 0 unspecified atom stereocenters. The SMILES string of the molecule is O=c1[nH]c2ccccc2n1C1CCN(Cc2ccc(-c3nc4ccc([N+](=O)[O-])cc4nc3-c3ccccc3)cc2)CC1. The van der Waals surface area contributed by atoms with Gasteiger partial charge in [-0.25, -0.2) is 14.8 Å². The van der Waals surface area contributed by atoms with Crippen LogP contribution in [-0.2, 0) is 6.54 Å². The molecule has 1 aliphatic heterocycles. The fourth-order valence-corrected chi connectivity index (χ4v) is 5.95. The van der Waals surface area contributed by atoms with E-state index in [4.69, 9.17) is 9.97 Å². The molecule has 3 heterocycles. The summed E-state index contributed by atoms with van der Waals surface area (Å²) >= 11 is 0. The molecule has 42 heavy (non-hydrogen) atoms. The number of aromatic amines is 1. The Morgan fingerprint density at radius 3 is 2.21 bits per heavy atom. The minimum absolute atomic E-state index is 0.00883. The highest BCUT2D eigenvalue weighted by Crippen LogP contribution is 2.32. The monoisotopic (exact) mass is 556 g/mol. The number of imidazole rings is 1. The first-order valence-electron chi connectivity index (χ1n) is 14.1. The number of aromatic nitrogens is 4. The molecule has 7 rings (SSSR count). The maximum Gasteiger partial charge on any atom is 0.326 e. The first-order chi connectivity index (χ1) is 20.5. The molecule has 2 aromatic heterocycles. The number of nitro groups is 1. The zero-order chi connectivity index (χ0) is 28.6. The number of likely N-dealkylation sites (tertiary alicyclic amines) is 1. The van der Waals surface area contributed by atoms with Crippen molar-refractivity contribution in [3.63, 3.8) is 0 Å². The third-order valence-electron chi connectivity index (χ3n) is 8.09. The van der Waals surface area contributed by atoms with Crippen molar-refractivity contribution in [2.75, 3.05) is 13.1 Å². The van der Waals surface area contributed by atoms with Crippen LogP contribution in [0.5, 0.6) is 0 Å². The molecule has 0 atom stereocenters. The Kier molecular flexibility index (Phi) is 6.56. The summed E-state index contributed by atoms with van der Waals surface area (Å²) in [5, 5.41) is 11.3. The number of nitrogens with one attached hydrogen (secondary N) is 1. The number of nitrogens with zero attached hydrogens (tertiary/aromatic N) is 5. The van der Waals surface area contributed by atoms with E-state index in [0.29, 0.717) is 16.7 Å². The molecule has 1 aliphatic rings. The number of para-hydroxylation sites is 2. The largest absolute Gasteiger partial charge is 0.326 e. The first-order valence-corrected chi connectivity index (χ1v) is 14.1. The van der Waals surface area contributed by atoms with E-state index in [1.54, 1.807) is 6.07 Å². The van der Waals surface area contributed by atoms with Gasteiger partial charge in [-0.3, -0.25) is 19.6 Å². The van der Waals surface area contributed by atoms with Gasteiger partial charge in [-0.2, -0.15) is 0 Å². The molecule has 0 spiro atoms. The van der Waals surface area contributed by atoms with Crippen LogP contribution in [-0.4, -0.2) is 42.4 Å². The fraction of sp³-hybridized carbons (Fsp3) is 0.182. The van der Waals surface area contributed by atoms with Gasteiger partial charge in [-0.05, 0) is 36.6 Å². The molecule has 0 saturated carbocycles. The minimum atomic E-state index is -0.416. The minimum Gasteiger partial charge on any atom is -0.306 e. The summed E-state index contributed by atoms with van der Waals surface area (Å²) in [5.41, 5.74) is 7.37. The van der Waals surface area contributed by atoms with Crippen molar-refractivity contribution >= 4 is 27.8 Å². The van der Waals surface area contributed by atoms with Crippen LogP contribution in [0.1, 0.15) is 24.4 Å². The highest BCUT2D eigenvalue weighted by Gasteiger charge is 2.24. The Hall–Kier alpha value is -5.15. The number of H-pyrrole nitrogens is 1. The van der Waals surface area contributed by atoms with Crippen molar-refractivity contribution in [2.45, 2.75) is 25.4 Å². The summed E-state index contributed by atoms with van der Waals surface area (Å²) in [6.45, 7) is 2.66. The van der Waals surface area contributed by atoms with Gasteiger partial charge in [0.25, 0.3) is 5.69 Å². The Balaban J connectivity index is 1.11. The van der Waals surface area contributed by atoms with Gasteiger partial charge in [0.2, 0.25) is 0 Å². The Labute approximate surface area is 241 Å². The average Bonchev–Trinajstić information content (AvgIpc) is 3.37. The Morgan fingerprint density at radius 1 is 0.810 bits per heavy atom. The molecule has 9 nitrogen and oxygen atoms in total. The molecule has 9 heteroatoms. The van der Waals surface area contributed by atoms with Crippen molar-refractivity contribution < 1.29 is 4.92 Å². The molecule has 1 saturated heterocycles. The lowest BCUT2D eigenvalue weighted by molar-refractivity contribution is -0.384. The van der Waals surface area contributed by atoms with Crippen LogP contribution in [0.15, 0.2) is 102 Å². The van der Waals surface area contributed by atoms with Gasteiger partial charge in [0, 0.05) is 48.9 Å². The van der Waals surface area contributed by atoms with E-state index in [2.05, 4.69) is 34.1 Å². The molecule has 208 valence electrons. The van der Waals surface area contributed by atoms with E-state index < -0.39 is 4.92 Å². The van der Waals surface area contributed by atoms with Gasteiger partial charge < -0.3 is 4.98 Å². The van der Waals surface area contributed by atoms with Gasteiger partial charge in [0.1, 0.15) is 0 Å². The van der Waals surface area contributed by atoms with E-state index in [0.717, 1.165) is 60.3 Å². The van der Waals surface area contributed by atoms with E-state index >= 15 is 0 Å². The van der Waals surface area contributed by atoms with Crippen LogP contribution in [0, 0.1) is 10.1 Å². The Morgan fingerprint density at radius 2 is 1.48 bits per heavy atom. The number of non-ortho nitro benzene ring substituents is 1. The lowest BCUT2D eigenvalue weighted by atomic mass is 10.0. The summed E-state index contributed by atoms with van der Waals surface area (Å²) in [7, 11) is 0. The number of nitro benzene ring substituents is 1. The summed E-state index contributed by atoms with van der Waals surface area (Å²) < 4.78 is 1.93. The fourth-order valence-electron chi connectivity index (χ4n) is 5.95. The number of hydrogen-bond acceptors (Lipinski definition) is 6. The maximum atomic E-state index is 12.6. The van der Waals surface area contributed by atoms with Crippen LogP contribution >= 0.6 is 0 Å². The van der Waals surface area contributed by atoms with Crippen molar-refractivity contribution in [1.82, 2.24) is 24.4 Å². The predicted octanol–water partition coefficient (Wildman–Crippen LogP) is 6.35. The number of benzene rings is 4. The van der Waals surface area contributed by atoms with Gasteiger partial charge in [-0.15, -0.1) is 0 Å². The van der Waals surface area contributed by atoms with Gasteiger partial charge in [0.05, 0.1) is 38.4 Å². The topological polar surface area (TPSA) is 110 Å². The molecule has 6 aromatic rings. The Bertz CT molecular complexity index is 1970. The number of fused-ring (bicyclic) bond motifs is 2. The second-order valence-corrected chi connectivity index (χ2v) is 10.7. The number of hydrogen-bond donors (Lipinski definition) is 1. The molecule has 4 aromatic carbocycles. The van der Waals surface area contributed by atoms with Crippen molar-refractivity contribution in [1.29, 1.82) is 0 Å². The average molecular weight is 557 g/mol. The summed E-state index contributed by atoms with van der Waals surface area (Å²) in [4.78, 5) is 38.7. The second-order valence-electron chi connectivity index (χ2n) is 10.7. The second kappa shape index (κ2) is 10.7. The number of rotatable bonds is 6. The quantitative estimate of drug-likeness (QED) is 0.189. The maximum absolute atomic E-state index is 12.6. The summed E-state index contributed by atoms with van der Waals surface area (Å²) in [6.07, 6.45) is 1.84. The molecule has 0 bridgehead atoms. The van der Waals surface area contributed by atoms with Crippen LogP contribution in [0.3, 0.4) is 0 Å². The first kappa shape index (κ1) is 25.8. The molecule has 1 N–H and O–H groups in total. The van der Waals surface area contributed by atoms with E-state index in [1.165, 1.54) is 17.7 Å². The highest BCUT2D eigenvalue weighted by atomic mass is 16.6. The molecule has 0 aliphatic carbocycles.